The van der Waals surface area contributed by atoms with Gasteiger partial charge in [0.05, 0.1) is 0 Å². The Bertz CT molecular complexity index is 530. The second-order valence-corrected chi connectivity index (χ2v) is 8.33. The first-order valence-corrected chi connectivity index (χ1v) is 9.22. The number of nitrogens with zero attached hydrogens (tertiary/aromatic N) is 2. The zero-order chi connectivity index (χ0) is 17.5. The molecule has 0 radical (unpaired) electrons. The van der Waals surface area contributed by atoms with Gasteiger partial charge in [0.1, 0.15) is 12.1 Å². The summed E-state index contributed by atoms with van der Waals surface area (Å²) < 4.78 is 0. The molecule has 24 heavy (non-hydrogen) atoms. The van der Waals surface area contributed by atoms with E-state index in [0.29, 0.717) is 30.6 Å². The maximum Gasteiger partial charge on any atom is 0.325 e. The first-order valence-electron chi connectivity index (χ1n) is 9.22. The van der Waals surface area contributed by atoms with E-state index in [1.807, 2.05) is 4.90 Å². The number of hydrogen-bond donors (Lipinski definition) is 1. The minimum Gasteiger partial charge on any atom is -0.341 e. The lowest BCUT2D eigenvalue weighted by Gasteiger charge is -2.36. The Labute approximate surface area is 143 Å². The minimum atomic E-state index is -0.758. The Hall–Kier alpha value is -1.59. The van der Waals surface area contributed by atoms with Gasteiger partial charge in [0.25, 0.3) is 5.91 Å². The molecule has 0 aromatic carbocycles. The van der Waals surface area contributed by atoms with Crippen molar-refractivity contribution >= 4 is 17.8 Å². The van der Waals surface area contributed by atoms with E-state index in [0.717, 1.165) is 37.3 Å². The van der Waals surface area contributed by atoms with Crippen molar-refractivity contribution < 1.29 is 14.4 Å². The van der Waals surface area contributed by atoms with Crippen LogP contribution in [0.4, 0.5) is 4.79 Å². The SMILES string of the molecule is CC1CCC2(CC1)NC(=O)N(CC(=O)N1C[C@@H](C)C[C@H](C)C1)C2=O. The zero-order valence-corrected chi connectivity index (χ0v) is 15.0. The summed E-state index contributed by atoms with van der Waals surface area (Å²) in [5.41, 5.74) is -0.758. The topological polar surface area (TPSA) is 69.7 Å². The highest BCUT2D eigenvalue weighted by Crippen LogP contribution is 2.36. The number of imide groups is 1. The van der Waals surface area contributed by atoms with Crippen LogP contribution in [0, 0.1) is 17.8 Å². The van der Waals surface area contributed by atoms with Gasteiger partial charge in [-0.1, -0.05) is 20.8 Å². The van der Waals surface area contributed by atoms with E-state index >= 15 is 0 Å². The molecule has 3 rings (SSSR count). The molecule has 2 heterocycles. The van der Waals surface area contributed by atoms with E-state index in [1.54, 1.807) is 0 Å². The van der Waals surface area contributed by atoms with Gasteiger partial charge in [-0.3, -0.25) is 14.5 Å². The van der Waals surface area contributed by atoms with Gasteiger partial charge >= 0.3 is 6.03 Å². The molecule has 0 aromatic heterocycles. The lowest BCUT2D eigenvalue weighted by molar-refractivity contribution is -0.141. The molecule has 134 valence electrons. The quantitative estimate of drug-likeness (QED) is 0.785. The number of rotatable bonds is 2. The highest BCUT2D eigenvalue weighted by Gasteiger charge is 2.52. The van der Waals surface area contributed by atoms with E-state index in [4.69, 9.17) is 0 Å². The summed E-state index contributed by atoms with van der Waals surface area (Å²) in [4.78, 5) is 40.7. The van der Waals surface area contributed by atoms with Crippen molar-refractivity contribution in [3.05, 3.63) is 0 Å². The molecular weight excluding hydrogens is 306 g/mol. The van der Waals surface area contributed by atoms with Gasteiger partial charge in [0, 0.05) is 13.1 Å². The van der Waals surface area contributed by atoms with Crippen molar-refractivity contribution in [3.8, 4) is 0 Å². The van der Waals surface area contributed by atoms with Crippen molar-refractivity contribution in [1.82, 2.24) is 15.1 Å². The Kier molecular flexibility index (Phi) is 4.58. The normalized spacial score (nSPS) is 37.0. The number of likely N-dealkylation sites (tertiary alicyclic amines) is 1. The molecule has 2 aliphatic heterocycles. The third kappa shape index (κ3) is 3.15. The van der Waals surface area contributed by atoms with E-state index < -0.39 is 11.6 Å². The Morgan fingerprint density at radius 2 is 1.67 bits per heavy atom. The summed E-state index contributed by atoms with van der Waals surface area (Å²) >= 11 is 0. The number of carbonyl (C=O) groups excluding carboxylic acids is 3. The van der Waals surface area contributed by atoms with Crippen LogP contribution >= 0.6 is 0 Å². The fraction of sp³-hybridized carbons (Fsp3) is 0.833. The summed E-state index contributed by atoms with van der Waals surface area (Å²) in [6, 6.07) is -0.402. The molecule has 6 nitrogen and oxygen atoms in total. The summed E-state index contributed by atoms with van der Waals surface area (Å²) in [5.74, 6) is 1.20. The average Bonchev–Trinajstić information content (AvgIpc) is 2.74. The average molecular weight is 335 g/mol. The molecule has 0 unspecified atom stereocenters. The van der Waals surface area contributed by atoms with Gasteiger partial charge in [-0.15, -0.1) is 0 Å². The predicted octanol–water partition coefficient (Wildman–Crippen LogP) is 1.99. The van der Waals surface area contributed by atoms with Gasteiger partial charge in [-0.25, -0.2) is 4.79 Å². The van der Waals surface area contributed by atoms with Crippen LogP contribution in [0.25, 0.3) is 0 Å². The van der Waals surface area contributed by atoms with Crippen molar-refractivity contribution in [1.29, 1.82) is 0 Å². The van der Waals surface area contributed by atoms with E-state index in [2.05, 4.69) is 26.1 Å². The summed E-state index contributed by atoms with van der Waals surface area (Å²) in [5, 5.41) is 2.88. The molecule has 6 heteroatoms. The number of amides is 4. The third-order valence-corrected chi connectivity index (χ3v) is 5.89. The van der Waals surface area contributed by atoms with Crippen LogP contribution in [0.3, 0.4) is 0 Å². The smallest absolute Gasteiger partial charge is 0.325 e. The molecule has 1 saturated carbocycles. The van der Waals surface area contributed by atoms with Gasteiger partial charge in [-0.05, 0) is 49.9 Å². The van der Waals surface area contributed by atoms with E-state index in [-0.39, 0.29) is 18.4 Å². The third-order valence-electron chi connectivity index (χ3n) is 5.89. The molecule has 0 aromatic rings. The van der Waals surface area contributed by atoms with Crippen LogP contribution in [0.5, 0.6) is 0 Å². The maximum absolute atomic E-state index is 12.8. The lowest BCUT2D eigenvalue weighted by Crippen LogP contribution is -2.51. The molecule has 3 fully saturated rings. The number of piperidine rings is 1. The van der Waals surface area contributed by atoms with Gasteiger partial charge in [0.2, 0.25) is 5.91 Å². The van der Waals surface area contributed by atoms with Crippen LogP contribution in [0.1, 0.15) is 52.9 Å². The fourth-order valence-electron chi connectivity index (χ4n) is 4.52. The molecule has 2 saturated heterocycles. The molecule has 1 N–H and O–H groups in total. The second kappa shape index (κ2) is 6.37. The first-order chi connectivity index (χ1) is 11.3. The Morgan fingerprint density at radius 1 is 1.08 bits per heavy atom. The predicted molar refractivity (Wildman–Crippen MR) is 90.1 cm³/mol. The molecule has 1 spiro atoms. The lowest BCUT2D eigenvalue weighted by atomic mass is 9.77. The summed E-state index contributed by atoms with van der Waals surface area (Å²) in [6.07, 6.45) is 4.36. The molecule has 1 aliphatic carbocycles. The van der Waals surface area contributed by atoms with Gasteiger partial charge in [-0.2, -0.15) is 0 Å². The summed E-state index contributed by atoms with van der Waals surface area (Å²) in [7, 11) is 0. The highest BCUT2D eigenvalue weighted by atomic mass is 16.2. The molecule has 4 amide bonds. The highest BCUT2D eigenvalue weighted by molar-refractivity contribution is 6.09. The van der Waals surface area contributed by atoms with Crippen molar-refractivity contribution in [3.63, 3.8) is 0 Å². The van der Waals surface area contributed by atoms with Gasteiger partial charge in [0.15, 0.2) is 0 Å². The monoisotopic (exact) mass is 335 g/mol. The number of carbonyl (C=O) groups is 3. The van der Waals surface area contributed by atoms with E-state index in [1.165, 1.54) is 0 Å². The molecule has 2 atom stereocenters. The zero-order valence-electron chi connectivity index (χ0n) is 15.0. The first kappa shape index (κ1) is 17.2. The molecular formula is C18H29N3O3. The van der Waals surface area contributed by atoms with Crippen LogP contribution in [0.2, 0.25) is 0 Å². The van der Waals surface area contributed by atoms with Gasteiger partial charge < -0.3 is 10.2 Å². The Balaban J connectivity index is 1.65. The largest absolute Gasteiger partial charge is 0.341 e. The van der Waals surface area contributed by atoms with Crippen molar-refractivity contribution in [2.75, 3.05) is 19.6 Å². The number of urea groups is 1. The van der Waals surface area contributed by atoms with Crippen LogP contribution in [-0.2, 0) is 9.59 Å². The molecule has 0 bridgehead atoms. The van der Waals surface area contributed by atoms with Crippen LogP contribution in [0.15, 0.2) is 0 Å². The number of nitrogens with one attached hydrogen (secondary N) is 1. The van der Waals surface area contributed by atoms with Crippen LogP contribution < -0.4 is 5.32 Å². The molecule has 3 aliphatic rings. The maximum atomic E-state index is 12.8. The van der Waals surface area contributed by atoms with Crippen molar-refractivity contribution in [2.24, 2.45) is 17.8 Å². The van der Waals surface area contributed by atoms with E-state index in [9.17, 15) is 14.4 Å². The Morgan fingerprint density at radius 3 is 2.25 bits per heavy atom. The second-order valence-electron chi connectivity index (χ2n) is 8.33. The van der Waals surface area contributed by atoms with Crippen LogP contribution in [-0.4, -0.2) is 52.8 Å². The fourth-order valence-corrected chi connectivity index (χ4v) is 4.52. The standard InChI is InChI=1S/C18H29N3O3/c1-12-4-6-18(7-5-12)16(23)21(17(24)19-18)11-15(22)20-9-13(2)8-14(3)10-20/h12-14H,4-11H2,1-3H3,(H,19,24)/t12?,13-,14-,18?/m0/s1. The van der Waals surface area contributed by atoms with Crippen molar-refractivity contribution in [2.45, 2.75) is 58.4 Å². The summed E-state index contributed by atoms with van der Waals surface area (Å²) in [6.45, 7) is 7.77. The number of hydrogen-bond acceptors (Lipinski definition) is 3. The minimum absolute atomic E-state index is 0.113.